The van der Waals surface area contributed by atoms with Gasteiger partial charge < -0.3 is 10.2 Å². The van der Waals surface area contributed by atoms with Gasteiger partial charge in [0.15, 0.2) is 8.03 Å². The van der Waals surface area contributed by atoms with Crippen molar-refractivity contribution in [1.29, 1.82) is 0 Å². The number of benzene rings is 1. The zero-order valence-corrected chi connectivity index (χ0v) is 14.9. The molecule has 0 saturated heterocycles. The van der Waals surface area contributed by atoms with Gasteiger partial charge in [-0.2, -0.15) is 0 Å². The standard InChI is InChI=1S/C17H30NO2P/c1-6-8-13(2)16(21(19)20)12-18-15-10-7-9-14(11-15)17(3,4)5/h7,9-11,13,16,18,21H,6,8,12H2,1-5H3,(H,19,20). The summed E-state index contributed by atoms with van der Waals surface area (Å²) in [7, 11) is -2.51. The van der Waals surface area contributed by atoms with E-state index in [4.69, 9.17) is 0 Å². The molecule has 2 N–H and O–H groups in total. The maximum Gasteiger partial charge on any atom is 0.194 e. The Morgan fingerprint density at radius 2 is 2.00 bits per heavy atom. The zero-order chi connectivity index (χ0) is 16.0. The fourth-order valence-electron chi connectivity index (χ4n) is 2.51. The monoisotopic (exact) mass is 311 g/mol. The summed E-state index contributed by atoms with van der Waals surface area (Å²) in [6.07, 6.45) is 2.04. The zero-order valence-electron chi connectivity index (χ0n) is 13.9. The van der Waals surface area contributed by atoms with Crippen LogP contribution in [0.2, 0.25) is 0 Å². The van der Waals surface area contributed by atoms with E-state index in [2.05, 4.69) is 52.1 Å². The first-order valence-electron chi connectivity index (χ1n) is 7.83. The maximum absolute atomic E-state index is 11.6. The Labute approximate surface area is 130 Å². The van der Waals surface area contributed by atoms with Gasteiger partial charge in [0.05, 0.1) is 5.66 Å². The lowest BCUT2D eigenvalue weighted by molar-refractivity contribution is 0.439. The number of anilines is 1. The minimum absolute atomic E-state index is 0.108. The van der Waals surface area contributed by atoms with Crippen LogP contribution in [0.4, 0.5) is 5.69 Å². The molecule has 0 spiro atoms. The van der Waals surface area contributed by atoms with Crippen LogP contribution in [0.15, 0.2) is 24.3 Å². The molecule has 3 unspecified atom stereocenters. The average molecular weight is 311 g/mol. The molecule has 1 aromatic rings. The van der Waals surface area contributed by atoms with Crippen molar-refractivity contribution in [2.45, 2.75) is 58.5 Å². The van der Waals surface area contributed by atoms with Crippen molar-refractivity contribution in [3.8, 4) is 0 Å². The molecule has 0 fully saturated rings. The van der Waals surface area contributed by atoms with Crippen molar-refractivity contribution < 1.29 is 9.46 Å². The van der Waals surface area contributed by atoms with Gasteiger partial charge >= 0.3 is 0 Å². The molecule has 0 aliphatic heterocycles. The molecular formula is C17H30NO2P. The van der Waals surface area contributed by atoms with E-state index < -0.39 is 8.03 Å². The molecule has 0 amide bonds. The molecule has 21 heavy (non-hydrogen) atoms. The van der Waals surface area contributed by atoms with Crippen molar-refractivity contribution in [3.63, 3.8) is 0 Å². The molecule has 0 heterocycles. The first kappa shape index (κ1) is 18.3. The van der Waals surface area contributed by atoms with Crippen LogP contribution in [0.25, 0.3) is 0 Å². The lowest BCUT2D eigenvalue weighted by Crippen LogP contribution is -2.24. The molecule has 120 valence electrons. The Morgan fingerprint density at radius 1 is 1.33 bits per heavy atom. The largest absolute Gasteiger partial charge is 0.384 e. The molecule has 0 saturated carbocycles. The molecule has 1 aromatic carbocycles. The number of rotatable bonds is 7. The summed E-state index contributed by atoms with van der Waals surface area (Å²) in [5, 5.41) is 3.34. The van der Waals surface area contributed by atoms with Gasteiger partial charge in [-0.25, -0.2) is 0 Å². The van der Waals surface area contributed by atoms with Crippen molar-refractivity contribution >= 4 is 13.7 Å². The van der Waals surface area contributed by atoms with Crippen LogP contribution < -0.4 is 5.32 Å². The van der Waals surface area contributed by atoms with E-state index in [1.807, 2.05) is 12.1 Å². The smallest absolute Gasteiger partial charge is 0.194 e. The Hall–Kier alpha value is -0.790. The summed E-state index contributed by atoms with van der Waals surface area (Å²) in [5.41, 5.74) is 2.24. The molecule has 4 heteroatoms. The van der Waals surface area contributed by atoms with Gasteiger partial charge in [0.1, 0.15) is 0 Å². The van der Waals surface area contributed by atoms with Crippen LogP contribution in [0.1, 0.15) is 53.0 Å². The summed E-state index contributed by atoms with van der Waals surface area (Å²) in [6, 6.07) is 8.31. The second-order valence-electron chi connectivity index (χ2n) is 6.92. The van der Waals surface area contributed by atoms with Gasteiger partial charge in [0, 0.05) is 12.2 Å². The quantitative estimate of drug-likeness (QED) is 0.720. The Balaban J connectivity index is 2.74. The topological polar surface area (TPSA) is 49.3 Å². The molecular weight excluding hydrogens is 281 g/mol. The fraction of sp³-hybridized carbons (Fsp3) is 0.647. The third-order valence-electron chi connectivity index (χ3n) is 4.00. The van der Waals surface area contributed by atoms with Gasteiger partial charge in [-0.3, -0.25) is 4.57 Å². The van der Waals surface area contributed by atoms with E-state index in [0.29, 0.717) is 6.54 Å². The van der Waals surface area contributed by atoms with Gasteiger partial charge in [0.25, 0.3) is 0 Å². The average Bonchev–Trinajstić information content (AvgIpc) is 2.38. The van der Waals surface area contributed by atoms with Gasteiger partial charge in [-0.1, -0.05) is 59.6 Å². The highest BCUT2D eigenvalue weighted by molar-refractivity contribution is 7.39. The molecule has 0 aliphatic rings. The molecule has 0 radical (unpaired) electrons. The SMILES string of the molecule is CCCC(C)C(CNc1cccc(C(C)(C)C)c1)[PH](=O)O. The van der Waals surface area contributed by atoms with Gasteiger partial charge in [-0.15, -0.1) is 0 Å². The van der Waals surface area contributed by atoms with Crippen LogP contribution in [-0.4, -0.2) is 17.1 Å². The Bertz CT molecular complexity index is 468. The summed E-state index contributed by atoms with van der Waals surface area (Å²) < 4.78 is 11.6. The molecule has 3 atom stereocenters. The molecule has 0 aromatic heterocycles. The second-order valence-corrected chi connectivity index (χ2v) is 8.34. The lowest BCUT2D eigenvalue weighted by Gasteiger charge is -2.23. The highest BCUT2D eigenvalue weighted by atomic mass is 31.1. The van der Waals surface area contributed by atoms with E-state index in [9.17, 15) is 9.46 Å². The maximum atomic E-state index is 11.6. The summed E-state index contributed by atoms with van der Waals surface area (Å²) >= 11 is 0. The highest BCUT2D eigenvalue weighted by Crippen LogP contribution is 2.32. The van der Waals surface area contributed by atoms with Gasteiger partial charge in [-0.05, 0) is 29.0 Å². The van der Waals surface area contributed by atoms with Crippen molar-refractivity contribution in [1.82, 2.24) is 0 Å². The Morgan fingerprint density at radius 3 is 2.52 bits per heavy atom. The van der Waals surface area contributed by atoms with Crippen molar-refractivity contribution in [2.75, 3.05) is 11.9 Å². The minimum atomic E-state index is -2.51. The summed E-state index contributed by atoms with van der Waals surface area (Å²) in [6.45, 7) is 11.3. The van der Waals surface area contributed by atoms with E-state index in [0.717, 1.165) is 18.5 Å². The minimum Gasteiger partial charge on any atom is -0.384 e. The van der Waals surface area contributed by atoms with Crippen molar-refractivity contribution in [3.05, 3.63) is 29.8 Å². The van der Waals surface area contributed by atoms with E-state index in [-0.39, 0.29) is 17.0 Å². The second kappa shape index (κ2) is 8.00. The van der Waals surface area contributed by atoms with E-state index in [1.165, 1.54) is 5.56 Å². The summed E-state index contributed by atoms with van der Waals surface area (Å²) in [5.74, 6) is 0.268. The van der Waals surface area contributed by atoms with Crippen LogP contribution in [0.5, 0.6) is 0 Å². The predicted octanol–water partition coefficient (Wildman–Crippen LogP) is 4.67. The third kappa shape index (κ3) is 5.84. The van der Waals surface area contributed by atoms with Crippen molar-refractivity contribution in [2.24, 2.45) is 5.92 Å². The van der Waals surface area contributed by atoms with E-state index >= 15 is 0 Å². The van der Waals surface area contributed by atoms with Crippen LogP contribution in [0, 0.1) is 5.92 Å². The van der Waals surface area contributed by atoms with Crippen LogP contribution in [0.3, 0.4) is 0 Å². The fourth-order valence-corrected chi connectivity index (χ4v) is 3.44. The van der Waals surface area contributed by atoms with E-state index in [1.54, 1.807) is 0 Å². The highest BCUT2D eigenvalue weighted by Gasteiger charge is 2.21. The number of hydrogen-bond donors (Lipinski definition) is 2. The first-order valence-corrected chi connectivity index (χ1v) is 9.26. The molecule has 0 aliphatic carbocycles. The van der Waals surface area contributed by atoms with Gasteiger partial charge in [0.2, 0.25) is 0 Å². The van der Waals surface area contributed by atoms with Crippen LogP contribution in [-0.2, 0) is 9.98 Å². The third-order valence-corrected chi connectivity index (χ3v) is 5.41. The normalized spacial score (nSPS) is 16.3. The number of hydrogen-bond acceptors (Lipinski definition) is 2. The van der Waals surface area contributed by atoms with Crippen LogP contribution >= 0.6 is 8.03 Å². The molecule has 1 rings (SSSR count). The lowest BCUT2D eigenvalue weighted by atomic mass is 9.87. The number of nitrogens with one attached hydrogen (secondary N) is 1. The summed E-state index contributed by atoms with van der Waals surface area (Å²) in [4.78, 5) is 9.58. The molecule has 0 bridgehead atoms. The predicted molar refractivity (Wildman–Crippen MR) is 92.7 cm³/mol. The Kier molecular flexibility index (Phi) is 6.96. The molecule has 3 nitrogen and oxygen atoms in total. The first-order chi connectivity index (χ1) is 9.75.